The molecule has 2 N–H and O–H groups in total. The van der Waals surface area contributed by atoms with Gasteiger partial charge in [-0.1, -0.05) is 42.5 Å². The minimum absolute atomic E-state index is 0.233. The van der Waals surface area contributed by atoms with Crippen LogP contribution in [-0.2, 0) is 19.6 Å². The number of rotatable bonds is 6. The van der Waals surface area contributed by atoms with E-state index >= 15 is 0 Å². The van der Waals surface area contributed by atoms with Crippen LogP contribution < -0.4 is 10.6 Å². The molecular weight excluding hydrogens is 329 g/mol. The van der Waals surface area contributed by atoms with Gasteiger partial charge in [0.15, 0.2) is 5.96 Å². The van der Waals surface area contributed by atoms with Crippen LogP contribution in [0.2, 0.25) is 0 Å². The summed E-state index contributed by atoms with van der Waals surface area (Å²) in [5.74, 6) is 0.453. The predicted octanol–water partition coefficient (Wildman–Crippen LogP) is 2.94. The van der Waals surface area contributed by atoms with Crippen molar-refractivity contribution in [3.8, 4) is 0 Å². The standard InChI is InChI=1S/C20H22FN5/c1-22-20(23-11-16-7-9-19(21)10-8-16)24-12-18-13-25-26(15-18)14-17-5-3-2-4-6-17/h2-10,13,15H,11-12,14H2,1H3,(H2,22,23,24). The van der Waals surface area contributed by atoms with Crippen molar-refractivity contribution in [2.75, 3.05) is 7.05 Å². The van der Waals surface area contributed by atoms with E-state index < -0.39 is 0 Å². The summed E-state index contributed by atoms with van der Waals surface area (Å²) >= 11 is 0. The Labute approximate surface area is 152 Å². The normalized spacial score (nSPS) is 11.4. The molecule has 2 aromatic carbocycles. The van der Waals surface area contributed by atoms with E-state index in [1.807, 2.05) is 35.3 Å². The minimum atomic E-state index is -0.233. The highest BCUT2D eigenvalue weighted by molar-refractivity contribution is 5.79. The van der Waals surface area contributed by atoms with E-state index in [2.05, 4.69) is 32.9 Å². The maximum Gasteiger partial charge on any atom is 0.191 e. The highest BCUT2D eigenvalue weighted by Crippen LogP contribution is 2.04. The number of halogens is 1. The summed E-state index contributed by atoms with van der Waals surface area (Å²) in [6, 6.07) is 16.6. The third-order valence-corrected chi connectivity index (χ3v) is 3.93. The second-order valence-corrected chi connectivity index (χ2v) is 5.94. The van der Waals surface area contributed by atoms with E-state index in [0.29, 0.717) is 19.0 Å². The second kappa shape index (κ2) is 8.80. The van der Waals surface area contributed by atoms with Gasteiger partial charge in [-0.2, -0.15) is 5.10 Å². The van der Waals surface area contributed by atoms with Gasteiger partial charge in [0.05, 0.1) is 12.7 Å². The summed E-state index contributed by atoms with van der Waals surface area (Å²) in [7, 11) is 1.72. The Morgan fingerprint density at radius 3 is 2.35 bits per heavy atom. The van der Waals surface area contributed by atoms with Gasteiger partial charge in [0.2, 0.25) is 0 Å². The first-order chi connectivity index (χ1) is 12.7. The quantitative estimate of drug-likeness (QED) is 0.530. The molecule has 1 heterocycles. The van der Waals surface area contributed by atoms with Gasteiger partial charge in [0.25, 0.3) is 0 Å². The van der Waals surface area contributed by atoms with E-state index in [0.717, 1.165) is 17.7 Å². The maximum atomic E-state index is 12.9. The number of aliphatic imine (C=N–C) groups is 1. The van der Waals surface area contributed by atoms with Crippen molar-refractivity contribution in [2.24, 2.45) is 4.99 Å². The molecule has 3 rings (SSSR count). The van der Waals surface area contributed by atoms with Gasteiger partial charge in [0.1, 0.15) is 5.82 Å². The predicted molar refractivity (Wildman–Crippen MR) is 101 cm³/mol. The molecule has 1 aromatic heterocycles. The van der Waals surface area contributed by atoms with Crippen LogP contribution in [-0.4, -0.2) is 22.8 Å². The summed E-state index contributed by atoms with van der Waals surface area (Å²) in [6.45, 7) is 1.95. The molecule has 0 spiro atoms. The molecule has 3 aromatic rings. The number of hydrogen-bond donors (Lipinski definition) is 2. The van der Waals surface area contributed by atoms with E-state index in [9.17, 15) is 4.39 Å². The summed E-state index contributed by atoms with van der Waals surface area (Å²) in [5, 5.41) is 10.9. The van der Waals surface area contributed by atoms with E-state index in [1.165, 1.54) is 17.7 Å². The fourth-order valence-corrected chi connectivity index (χ4v) is 2.55. The minimum Gasteiger partial charge on any atom is -0.352 e. The average Bonchev–Trinajstić information content (AvgIpc) is 3.11. The van der Waals surface area contributed by atoms with Crippen LogP contribution in [0.5, 0.6) is 0 Å². The third-order valence-electron chi connectivity index (χ3n) is 3.93. The topological polar surface area (TPSA) is 54.2 Å². The molecule has 0 fully saturated rings. The Balaban J connectivity index is 1.48. The van der Waals surface area contributed by atoms with Gasteiger partial charge in [-0.15, -0.1) is 0 Å². The van der Waals surface area contributed by atoms with Gasteiger partial charge in [-0.05, 0) is 23.3 Å². The van der Waals surface area contributed by atoms with Crippen molar-refractivity contribution in [3.63, 3.8) is 0 Å². The molecule has 6 heteroatoms. The molecule has 0 radical (unpaired) electrons. The molecule has 134 valence electrons. The molecular formula is C20H22FN5. The molecule has 0 saturated carbocycles. The van der Waals surface area contributed by atoms with Gasteiger partial charge in [0, 0.05) is 31.9 Å². The van der Waals surface area contributed by atoms with E-state index in [1.54, 1.807) is 19.2 Å². The van der Waals surface area contributed by atoms with Gasteiger partial charge in [-0.3, -0.25) is 9.67 Å². The van der Waals surface area contributed by atoms with Crippen molar-refractivity contribution >= 4 is 5.96 Å². The lowest BCUT2D eigenvalue weighted by atomic mass is 10.2. The van der Waals surface area contributed by atoms with Crippen LogP contribution in [0.4, 0.5) is 4.39 Å². The Morgan fingerprint density at radius 2 is 1.65 bits per heavy atom. The second-order valence-electron chi connectivity index (χ2n) is 5.94. The molecule has 0 amide bonds. The van der Waals surface area contributed by atoms with E-state index in [-0.39, 0.29) is 5.82 Å². The van der Waals surface area contributed by atoms with Crippen molar-refractivity contribution in [1.29, 1.82) is 0 Å². The lowest BCUT2D eigenvalue weighted by Gasteiger charge is -2.11. The highest BCUT2D eigenvalue weighted by atomic mass is 19.1. The average molecular weight is 351 g/mol. The van der Waals surface area contributed by atoms with Gasteiger partial charge in [-0.25, -0.2) is 4.39 Å². The Morgan fingerprint density at radius 1 is 0.962 bits per heavy atom. The van der Waals surface area contributed by atoms with Crippen LogP contribution in [0.1, 0.15) is 16.7 Å². The fourth-order valence-electron chi connectivity index (χ4n) is 2.55. The molecule has 5 nitrogen and oxygen atoms in total. The van der Waals surface area contributed by atoms with Crippen molar-refractivity contribution in [3.05, 3.63) is 89.5 Å². The lowest BCUT2D eigenvalue weighted by Crippen LogP contribution is -2.36. The largest absolute Gasteiger partial charge is 0.352 e. The fraction of sp³-hybridized carbons (Fsp3) is 0.200. The number of nitrogens with one attached hydrogen (secondary N) is 2. The van der Waals surface area contributed by atoms with Crippen molar-refractivity contribution in [1.82, 2.24) is 20.4 Å². The van der Waals surface area contributed by atoms with Crippen LogP contribution in [0, 0.1) is 5.82 Å². The molecule has 0 unspecified atom stereocenters. The van der Waals surface area contributed by atoms with Crippen molar-refractivity contribution < 1.29 is 4.39 Å². The Kier molecular flexibility index (Phi) is 5.98. The lowest BCUT2D eigenvalue weighted by molar-refractivity contribution is 0.626. The van der Waals surface area contributed by atoms with Crippen molar-refractivity contribution in [2.45, 2.75) is 19.6 Å². The molecule has 0 atom stereocenters. The first-order valence-electron chi connectivity index (χ1n) is 8.47. The van der Waals surface area contributed by atoms with E-state index in [4.69, 9.17) is 0 Å². The number of nitrogens with zero attached hydrogens (tertiary/aromatic N) is 3. The highest BCUT2D eigenvalue weighted by Gasteiger charge is 2.03. The smallest absolute Gasteiger partial charge is 0.191 e. The summed E-state index contributed by atoms with van der Waals surface area (Å²) in [5.41, 5.74) is 3.28. The zero-order valence-electron chi connectivity index (χ0n) is 14.7. The monoisotopic (exact) mass is 351 g/mol. The molecule has 0 aliphatic rings. The Bertz CT molecular complexity index is 840. The first-order valence-corrected chi connectivity index (χ1v) is 8.47. The first kappa shape index (κ1) is 17.7. The maximum absolute atomic E-state index is 12.9. The SMILES string of the molecule is CN=C(NCc1ccc(F)cc1)NCc1cnn(Cc2ccccc2)c1. The zero-order chi connectivity index (χ0) is 18.2. The summed E-state index contributed by atoms with van der Waals surface area (Å²) in [4.78, 5) is 4.20. The number of aromatic nitrogens is 2. The zero-order valence-corrected chi connectivity index (χ0v) is 14.7. The molecule has 0 aliphatic carbocycles. The van der Waals surface area contributed by atoms with Crippen LogP contribution >= 0.6 is 0 Å². The molecule has 0 bridgehead atoms. The molecule has 26 heavy (non-hydrogen) atoms. The van der Waals surface area contributed by atoms with Gasteiger partial charge >= 0.3 is 0 Å². The number of hydrogen-bond acceptors (Lipinski definition) is 2. The van der Waals surface area contributed by atoms with Crippen LogP contribution in [0.25, 0.3) is 0 Å². The van der Waals surface area contributed by atoms with Gasteiger partial charge < -0.3 is 10.6 Å². The third kappa shape index (κ3) is 5.17. The molecule has 0 aliphatic heterocycles. The number of benzene rings is 2. The number of guanidine groups is 1. The van der Waals surface area contributed by atoms with Crippen LogP contribution in [0.3, 0.4) is 0 Å². The Hall–Kier alpha value is -3.15. The summed E-state index contributed by atoms with van der Waals surface area (Å²) in [6.07, 6.45) is 3.87. The van der Waals surface area contributed by atoms with Crippen LogP contribution in [0.15, 0.2) is 72.0 Å². The summed E-state index contributed by atoms with van der Waals surface area (Å²) < 4.78 is 14.9. The molecule has 0 saturated heterocycles.